The van der Waals surface area contributed by atoms with Crippen LogP contribution in [0.1, 0.15) is 36.7 Å². The van der Waals surface area contributed by atoms with E-state index < -0.39 is 23.3 Å². The van der Waals surface area contributed by atoms with E-state index in [0.29, 0.717) is 10.6 Å². The molecule has 1 amide bonds. The maximum absolute atomic E-state index is 12.0. The SMILES string of the molecule is Cc1ccc(C(=O)N[C@@H](C(=O)O)C(C)(C)C)cc1Cl. The summed E-state index contributed by atoms with van der Waals surface area (Å²) in [4.78, 5) is 23.2. The maximum atomic E-state index is 12.0. The lowest BCUT2D eigenvalue weighted by atomic mass is 9.86. The Labute approximate surface area is 117 Å². The van der Waals surface area contributed by atoms with Gasteiger partial charge in [-0.15, -0.1) is 0 Å². The molecule has 19 heavy (non-hydrogen) atoms. The van der Waals surface area contributed by atoms with Crippen molar-refractivity contribution in [2.24, 2.45) is 5.41 Å². The van der Waals surface area contributed by atoms with E-state index in [9.17, 15) is 9.59 Å². The van der Waals surface area contributed by atoms with Gasteiger partial charge in [0.15, 0.2) is 0 Å². The van der Waals surface area contributed by atoms with Crippen molar-refractivity contribution < 1.29 is 14.7 Å². The first kappa shape index (κ1) is 15.5. The Bertz CT molecular complexity index is 506. The third-order valence-corrected chi connectivity index (χ3v) is 3.23. The summed E-state index contributed by atoms with van der Waals surface area (Å²) in [5.74, 6) is -1.50. The molecule has 5 heteroatoms. The summed E-state index contributed by atoms with van der Waals surface area (Å²) in [5.41, 5.74) is 0.644. The van der Waals surface area contributed by atoms with Crippen LogP contribution in [0.25, 0.3) is 0 Å². The van der Waals surface area contributed by atoms with Gasteiger partial charge in [0.25, 0.3) is 5.91 Å². The second kappa shape index (κ2) is 5.61. The second-order valence-electron chi connectivity index (χ2n) is 5.57. The monoisotopic (exact) mass is 283 g/mol. The molecule has 0 aliphatic heterocycles. The number of amides is 1. The fourth-order valence-corrected chi connectivity index (χ4v) is 1.78. The van der Waals surface area contributed by atoms with Crippen molar-refractivity contribution in [2.45, 2.75) is 33.7 Å². The van der Waals surface area contributed by atoms with E-state index in [1.54, 1.807) is 32.9 Å². The molecular formula is C14H18ClNO3. The zero-order valence-corrected chi connectivity index (χ0v) is 12.2. The average molecular weight is 284 g/mol. The largest absolute Gasteiger partial charge is 0.480 e. The van der Waals surface area contributed by atoms with Gasteiger partial charge in [-0.05, 0) is 30.0 Å². The van der Waals surface area contributed by atoms with Crippen molar-refractivity contribution in [2.75, 3.05) is 0 Å². The number of carboxylic acid groups (broad SMARTS) is 1. The normalized spacial score (nSPS) is 12.9. The Hall–Kier alpha value is -1.55. The van der Waals surface area contributed by atoms with Crippen LogP contribution in [0.5, 0.6) is 0 Å². The smallest absolute Gasteiger partial charge is 0.326 e. The first-order valence-corrected chi connectivity index (χ1v) is 6.30. The van der Waals surface area contributed by atoms with E-state index in [4.69, 9.17) is 16.7 Å². The molecule has 0 spiro atoms. The fourth-order valence-electron chi connectivity index (χ4n) is 1.60. The summed E-state index contributed by atoms with van der Waals surface area (Å²) in [6.07, 6.45) is 0. The van der Waals surface area contributed by atoms with Crippen molar-refractivity contribution >= 4 is 23.5 Å². The maximum Gasteiger partial charge on any atom is 0.326 e. The quantitative estimate of drug-likeness (QED) is 0.896. The molecule has 0 unspecified atom stereocenters. The van der Waals surface area contributed by atoms with Gasteiger partial charge in [0.2, 0.25) is 0 Å². The van der Waals surface area contributed by atoms with E-state index in [-0.39, 0.29) is 0 Å². The van der Waals surface area contributed by atoms with Gasteiger partial charge in [0, 0.05) is 10.6 Å². The highest BCUT2D eigenvalue weighted by atomic mass is 35.5. The molecule has 0 bridgehead atoms. The number of nitrogens with one attached hydrogen (secondary N) is 1. The molecule has 1 atom stereocenters. The number of carbonyl (C=O) groups excluding carboxylic acids is 1. The summed E-state index contributed by atoms with van der Waals surface area (Å²) in [6, 6.07) is 3.93. The first-order valence-electron chi connectivity index (χ1n) is 5.92. The van der Waals surface area contributed by atoms with Crippen LogP contribution in [-0.2, 0) is 4.79 Å². The highest BCUT2D eigenvalue weighted by Crippen LogP contribution is 2.21. The van der Waals surface area contributed by atoms with E-state index in [0.717, 1.165) is 5.56 Å². The van der Waals surface area contributed by atoms with Crippen LogP contribution >= 0.6 is 11.6 Å². The number of carboxylic acids is 1. The van der Waals surface area contributed by atoms with Gasteiger partial charge in [-0.3, -0.25) is 4.79 Å². The van der Waals surface area contributed by atoms with Gasteiger partial charge in [-0.25, -0.2) is 4.79 Å². The summed E-state index contributed by atoms with van der Waals surface area (Å²) in [6.45, 7) is 7.11. The van der Waals surface area contributed by atoms with Crippen molar-refractivity contribution in [3.63, 3.8) is 0 Å². The Morgan fingerprint density at radius 3 is 2.32 bits per heavy atom. The molecule has 0 saturated heterocycles. The predicted octanol–water partition coefficient (Wildman–Crippen LogP) is 2.88. The van der Waals surface area contributed by atoms with Gasteiger partial charge in [0.1, 0.15) is 6.04 Å². The zero-order chi connectivity index (χ0) is 14.8. The molecule has 2 N–H and O–H groups in total. The Morgan fingerprint density at radius 1 is 1.32 bits per heavy atom. The first-order chi connectivity index (χ1) is 8.62. The Morgan fingerprint density at radius 2 is 1.89 bits per heavy atom. The van der Waals surface area contributed by atoms with E-state index >= 15 is 0 Å². The molecule has 0 saturated carbocycles. The van der Waals surface area contributed by atoms with Gasteiger partial charge < -0.3 is 10.4 Å². The van der Waals surface area contributed by atoms with Crippen LogP contribution in [0.15, 0.2) is 18.2 Å². The van der Waals surface area contributed by atoms with E-state index in [2.05, 4.69) is 5.32 Å². The number of aryl methyl sites for hydroxylation is 1. The number of hydrogen-bond donors (Lipinski definition) is 2. The molecule has 0 fully saturated rings. The van der Waals surface area contributed by atoms with Crippen molar-refractivity contribution in [3.8, 4) is 0 Å². The van der Waals surface area contributed by atoms with Crippen LogP contribution in [0, 0.1) is 12.3 Å². The zero-order valence-electron chi connectivity index (χ0n) is 11.5. The number of benzene rings is 1. The molecule has 4 nitrogen and oxygen atoms in total. The van der Waals surface area contributed by atoms with Crippen LogP contribution in [0.3, 0.4) is 0 Å². The summed E-state index contributed by atoms with van der Waals surface area (Å²) >= 11 is 5.95. The van der Waals surface area contributed by atoms with Crippen molar-refractivity contribution in [1.82, 2.24) is 5.32 Å². The van der Waals surface area contributed by atoms with Crippen LogP contribution in [0.2, 0.25) is 5.02 Å². The lowest BCUT2D eigenvalue weighted by Gasteiger charge is -2.27. The molecule has 1 rings (SSSR count). The predicted molar refractivity (Wildman–Crippen MR) is 74.5 cm³/mol. The van der Waals surface area contributed by atoms with Crippen LogP contribution in [0.4, 0.5) is 0 Å². The average Bonchev–Trinajstić information content (AvgIpc) is 2.27. The number of aliphatic carboxylic acids is 1. The summed E-state index contributed by atoms with van der Waals surface area (Å²) in [5, 5.41) is 12.2. The molecule has 0 radical (unpaired) electrons. The summed E-state index contributed by atoms with van der Waals surface area (Å²) < 4.78 is 0. The molecule has 0 aromatic heterocycles. The topological polar surface area (TPSA) is 66.4 Å². The molecule has 0 aliphatic rings. The molecular weight excluding hydrogens is 266 g/mol. The lowest BCUT2D eigenvalue weighted by molar-refractivity contribution is -0.142. The highest BCUT2D eigenvalue weighted by molar-refractivity contribution is 6.31. The van der Waals surface area contributed by atoms with E-state index in [1.807, 2.05) is 6.92 Å². The minimum Gasteiger partial charge on any atom is -0.480 e. The van der Waals surface area contributed by atoms with Crippen LogP contribution in [-0.4, -0.2) is 23.0 Å². The van der Waals surface area contributed by atoms with Gasteiger partial charge in [-0.1, -0.05) is 38.4 Å². The molecule has 1 aromatic carbocycles. The minimum atomic E-state index is -1.06. The Kier molecular flexibility index (Phi) is 4.58. The number of carbonyl (C=O) groups is 2. The molecule has 0 aliphatic carbocycles. The second-order valence-corrected chi connectivity index (χ2v) is 5.98. The third-order valence-electron chi connectivity index (χ3n) is 2.82. The third kappa shape index (κ3) is 3.96. The fraction of sp³-hybridized carbons (Fsp3) is 0.429. The number of halogens is 1. The summed E-state index contributed by atoms with van der Waals surface area (Å²) in [7, 11) is 0. The van der Waals surface area contributed by atoms with Crippen LogP contribution < -0.4 is 5.32 Å². The van der Waals surface area contributed by atoms with Gasteiger partial charge >= 0.3 is 5.97 Å². The molecule has 104 valence electrons. The molecule has 0 heterocycles. The standard InChI is InChI=1S/C14H18ClNO3/c1-8-5-6-9(7-10(8)15)12(17)16-11(13(18)19)14(2,3)4/h5-7,11H,1-4H3,(H,16,17)(H,18,19)/t11-/m0/s1. The minimum absolute atomic E-state index is 0.353. The van der Waals surface area contributed by atoms with Gasteiger partial charge in [0.05, 0.1) is 0 Å². The molecule has 1 aromatic rings. The number of hydrogen-bond acceptors (Lipinski definition) is 2. The Balaban J connectivity index is 2.94. The highest BCUT2D eigenvalue weighted by Gasteiger charge is 2.32. The van der Waals surface area contributed by atoms with Gasteiger partial charge in [-0.2, -0.15) is 0 Å². The van der Waals surface area contributed by atoms with E-state index in [1.165, 1.54) is 6.07 Å². The van der Waals surface area contributed by atoms with Crippen molar-refractivity contribution in [1.29, 1.82) is 0 Å². The lowest BCUT2D eigenvalue weighted by Crippen LogP contribution is -2.49. The van der Waals surface area contributed by atoms with Crippen molar-refractivity contribution in [3.05, 3.63) is 34.3 Å². The number of rotatable bonds is 3.